The van der Waals surface area contributed by atoms with E-state index in [2.05, 4.69) is 20.3 Å². The van der Waals surface area contributed by atoms with Gasteiger partial charge in [0.15, 0.2) is 11.7 Å². The van der Waals surface area contributed by atoms with Crippen molar-refractivity contribution in [2.45, 2.75) is 32.1 Å². The molecule has 0 atom stereocenters. The van der Waals surface area contributed by atoms with Gasteiger partial charge < -0.3 is 21.9 Å². The third kappa shape index (κ3) is 3.97. The number of pyridine rings is 1. The SMILES string of the molecule is N=C(C(N)=NC(=NC1=C(C(=O)O)C2CCC1CC2)C1=C(F)CCN1)c1cc(F)cnc1N. The molecule has 0 saturated heterocycles. The molecule has 1 fully saturated rings. The maximum Gasteiger partial charge on any atom is 0.333 e. The number of rotatable bonds is 5. The first-order valence-corrected chi connectivity index (χ1v) is 10.3. The van der Waals surface area contributed by atoms with Gasteiger partial charge in [0.1, 0.15) is 28.9 Å². The fraction of sp³-hybridized carbons (Fsp3) is 0.381. The van der Waals surface area contributed by atoms with Crippen molar-refractivity contribution in [2.24, 2.45) is 27.6 Å². The molecule has 168 valence electrons. The Labute approximate surface area is 182 Å². The van der Waals surface area contributed by atoms with Crippen LogP contribution in [-0.2, 0) is 4.79 Å². The molecule has 1 aliphatic heterocycles. The first-order valence-electron chi connectivity index (χ1n) is 10.3. The fourth-order valence-corrected chi connectivity index (χ4v) is 4.45. The molecule has 0 spiro atoms. The van der Waals surface area contributed by atoms with Crippen LogP contribution in [0.15, 0.2) is 45.0 Å². The van der Waals surface area contributed by atoms with Gasteiger partial charge in [-0.15, -0.1) is 0 Å². The molecule has 2 bridgehead atoms. The molecule has 1 saturated carbocycles. The largest absolute Gasteiger partial charge is 0.478 e. The molecule has 1 aromatic heterocycles. The van der Waals surface area contributed by atoms with E-state index in [1.54, 1.807) is 0 Å². The predicted molar refractivity (Wildman–Crippen MR) is 115 cm³/mol. The van der Waals surface area contributed by atoms with E-state index < -0.39 is 23.3 Å². The van der Waals surface area contributed by atoms with Crippen molar-refractivity contribution in [2.75, 3.05) is 12.3 Å². The molecule has 32 heavy (non-hydrogen) atoms. The molecule has 4 aliphatic rings. The molecular weight excluding hydrogens is 420 g/mol. The van der Waals surface area contributed by atoms with Crippen LogP contribution in [0.3, 0.4) is 0 Å². The van der Waals surface area contributed by atoms with Crippen LogP contribution >= 0.6 is 0 Å². The minimum absolute atomic E-state index is 0.00442. The Kier molecular flexibility index (Phi) is 5.72. The molecular formula is C21H23F2N7O2. The second-order valence-electron chi connectivity index (χ2n) is 8.00. The number of aliphatic carboxylic acids is 1. The number of allylic oxidation sites excluding steroid dienone is 1. The van der Waals surface area contributed by atoms with Crippen LogP contribution < -0.4 is 16.8 Å². The number of hydrogen-bond donors (Lipinski definition) is 5. The highest BCUT2D eigenvalue weighted by atomic mass is 19.1. The summed E-state index contributed by atoms with van der Waals surface area (Å²) in [5, 5.41) is 20.9. The fourth-order valence-electron chi connectivity index (χ4n) is 4.45. The monoisotopic (exact) mass is 443 g/mol. The summed E-state index contributed by atoms with van der Waals surface area (Å²) in [5.41, 5.74) is 11.9. The Morgan fingerprint density at radius 2 is 1.94 bits per heavy atom. The van der Waals surface area contributed by atoms with Crippen LogP contribution in [0.25, 0.3) is 0 Å². The second-order valence-corrected chi connectivity index (χ2v) is 8.00. The zero-order valence-corrected chi connectivity index (χ0v) is 17.2. The van der Waals surface area contributed by atoms with E-state index in [9.17, 15) is 18.7 Å². The van der Waals surface area contributed by atoms with E-state index in [1.165, 1.54) is 0 Å². The summed E-state index contributed by atoms with van der Waals surface area (Å²) < 4.78 is 28.1. The number of hydrogen-bond acceptors (Lipinski definition) is 6. The molecule has 5 rings (SSSR count). The lowest BCUT2D eigenvalue weighted by Crippen LogP contribution is -2.31. The smallest absolute Gasteiger partial charge is 0.333 e. The van der Waals surface area contributed by atoms with Gasteiger partial charge in [0.05, 0.1) is 17.5 Å². The highest BCUT2D eigenvalue weighted by Gasteiger charge is 2.39. The summed E-state index contributed by atoms with van der Waals surface area (Å²) in [6, 6.07) is 1.00. The molecule has 0 amide bonds. The van der Waals surface area contributed by atoms with E-state index in [0.717, 1.165) is 37.9 Å². The number of amidine groups is 2. The number of nitrogen functional groups attached to an aromatic ring is 1. The molecule has 7 N–H and O–H groups in total. The third-order valence-corrected chi connectivity index (χ3v) is 6.03. The Morgan fingerprint density at radius 1 is 1.25 bits per heavy atom. The van der Waals surface area contributed by atoms with Crippen LogP contribution in [0.1, 0.15) is 37.7 Å². The lowest BCUT2D eigenvalue weighted by molar-refractivity contribution is -0.133. The van der Waals surface area contributed by atoms with E-state index in [4.69, 9.17) is 16.9 Å². The number of carbonyl (C=O) groups is 1. The number of nitrogens with zero attached hydrogens (tertiary/aromatic N) is 3. The van der Waals surface area contributed by atoms with Gasteiger partial charge in [-0.3, -0.25) is 5.41 Å². The first kappa shape index (κ1) is 21.6. The molecule has 0 unspecified atom stereocenters. The minimum atomic E-state index is -1.05. The summed E-state index contributed by atoms with van der Waals surface area (Å²) in [6.45, 7) is 0.324. The second kappa shape index (κ2) is 8.48. The Balaban J connectivity index is 1.81. The average molecular weight is 443 g/mol. The average Bonchev–Trinajstić information content (AvgIpc) is 3.20. The lowest BCUT2D eigenvalue weighted by atomic mass is 9.69. The van der Waals surface area contributed by atoms with E-state index >= 15 is 0 Å². The summed E-state index contributed by atoms with van der Waals surface area (Å²) in [4.78, 5) is 24.2. The van der Waals surface area contributed by atoms with Crippen LogP contribution in [-0.4, -0.2) is 40.0 Å². The lowest BCUT2D eigenvalue weighted by Gasteiger charge is -2.36. The normalized spacial score (nSPS) is 23.6. The minimum Gasteiger partial charge on any atom is -0.478 e. The zero-order chi connectivity index (χ0) is 23.0. The van der Waals surface area contributed by atoms with Crippen molar-refractivity contribution in [1.82, 2.24) is 10.3 Å². The van der Waals surface area contributed by atoms with E-state index in [-0.39, 0.29) is 52.6 Å². The summed E-state index contributed by atoms with van der Waals surface area (Å²) in [6.07, 6.45) is 4.17. The quantitative estimate of drug-likeness (QED) is 0.346. The number of aliphatic imine (C=N–C) groups is 2. The number of aromatic nitrogens is 1. The first-order chi connectivity index (χ1) is 15.3. The van der Waals surface area contributed by atoms with Crippen molar-refractivity contribution in [3.05, 3.63) is 46.4 Å². The molecule has 11 heteroatoms. The number of carboxylic acid groups (broad SMARTS) is 1. The number of fused-ring (bicyclic) bond motifs is 2. The van der Waals surface area contributed by atoms with Crippen molar-refractivity contribution >= 4 is 29.2 Å². The molecule has 1 aromatic rings. The van der Waals surface area contributed by atoms with Gasteiger partial charge in [-0.2, -0.15) is 0 Å². The van der Waals surface area contributed by atoms with Crippen LogP contribution in [0, 0.1) is 23.1 Å². The number of nitrogens with two attached hydrogens (primary N) is 2. The Bertz CT molecular complexity index is 1120. The topological polar surface area (TPSA) is 163 Å². The van der Waals surface area contributed by atoms with Gasteiger partial charge >= 0.3 is 5.97 Å². The van der Waals surface area contributed by atoms with Crippen molar-refractivity contribution < 1.29 is 18.7 Å². The van der Waals surface area contributed by atoms with Gasteiger partial charge in [0.2, 0.25) is 0 Å². The molecule has 9 nitrogen and oxygen atoms in total. The van der Waals surface area contributed by atoms with Gasteiger partial charge in [-0.05, 0) is 37.7 Å². The van der Waals surface area contributed by atoms with Crippen molar-refractivity contribution in [3.63, 3.8) is 0 Å². The zero-order valence-electron chi connectivity index (χ0n) is 17.2. The van der Waals surface area contributed by atoms with Gasteiger partial charge in [0, 0.05) is 24.4 Å². The van der Waals surface area contributed by atoms with Crippen LogP contribution in [0.5, 0.6) is 0 Å². The van der Waals surface area contributed by atoms with Crippen LogP contribution in [0.2, 0.25) is 0 Å². The van der Waals surface area contributed by atoms with Crippen molar-refractivity contribution in [3.8, 4) is 0 Å². The van der Waals surface area contributed by atoms with Gasteiger partial charge in [-0.1, -0.05) is 0 Å². The highest BCUT2D eigenvalue weighted by molar-refractivity contribution is 6.48. The summed E-state index contributed by atoms with van der Waals surface area (Å²) in [5.74, 6) is -3.05. The Morgan fingerprint density at radius 3 is 2.56 bits per heavy atom. The molecule has 2 heterocycles. The number of anilines is 1. The molecule has 3 aliphatic carbocycles. The maximum atomic E-state index is 14.5. The van der Waals surface area contributed by atoms with Crippen LogP contribution in [0.4, 0.5) is 14.6 Å². The van der Waals surface area contributed by atoms with Gasteiger partial charge in [-0.25, -0.2) is 28.5 Å². The number of carboxylic acids is 1. The standard InChI is InChI=1S/C21H23F2N7O2/c22-11-7-12(18(25)28-8-11)15(24)19(26)30-20(17-13(23)5-6-27-17)29-16-10-3-1-9(2-4-10)14(16)21(31)32/h7-10,24,27H,1-6H2,(H2,25,28)(H,31,32)(H2,26,29,30). The predicted octanol–water partition coefficient (Wildman–Crippen LogP) is 2.26. The summed E-state index contributed by atoms with van der Waals surface area (Å²) >= 11 is 0. The summed E-state index contributed by atoms with van der Waals surface area (Å²) in [7, 11) is 0. The molecule has 0 radical (unpaired) electrons. The maximum absolute atomic E-state index is 14.5. The highest BCUT2D eigenvalue weighted by Crippen LogP contribution is 2.46. The number of halogens is 2. The number of nitrogens with one attached hydrogen (secondary N) is 2. The molecule has 0 aromatic carbocycles. The van der Waals surface area contributed by atoms with Gasteiger partial charge in [0.25, 0.3) is 0 Å². The van der Waals surface area contributed by atoms with E-state index in [1.807, 2.05) is 0 Å². The van der Waals surface area contributed by atoms with Crippen molar-refractivity contribution in [1.29, 1.82) is 5.41 Å². The van der Waals surface area contributed by atoms with E-state index in [0.29, 0.717) is 12.2 Å². The Hall–Kier alpha value is -3.63. The third-order valence-electron chi connectivity index (χ3n) is 6.03.